The summed E-state index contributed by atoms with van der Waals surface area (Å²) in [7, 11) is 1.33. The Hall–Kier alpha value is -2.10. The van der Waals surface area contributed by atoms with E-state index < -0.39 is 11.4 Å². The van der Waals surface area contributed by atoms with E-state index in [1.165, 1.54) is 14.0 Å². The third-order valence-electron chi connectivity index (χ3n) is 3.46. The Morgan fingerprint density at radius 3 is 2.53 bits per heavy atom. The molecule has 0 unspecified atom stereocenters. The van der Waals surface area contributed by atoms with Gasteiger partial charge in [0, 0.05) is 5.39 Å². The first kappa shape index (κ1) is 13.3. The van der Waals surface area contributed by atoms with E-state index in [0.717, 1.165) is 0 Å². The second-order valence-corrected chi connectivity index (χ2v) is 5.00. The van der Waals surface area contributed by atoms with Gasteiger partial charge in [0.2, 0.25) is 0 Å². The number of esters is 1. The van der Waals surface area contributed by atoms with Gasteiger partial charge in [0.05, 0.1) is 18.1 Å². The molecule has 4 heteroatoms. The van der Waals surface area contributed by atoms with Crippen LogP contribution in [0.3, 0.4) is 0 Å². The van der Waals surface area contributed by atoms with Gasteiger partial charge in [0.15, 0.2) is 0 Å². The lowest BCUT2D eigenvalue weighted by atomic mass is 9.86. The second kappa shape index (κ2) is 4.53. The molecule has 0 aliphatic rings. The lowest BCUT2D eigenvalue weighted by molar-refractivity contribution is -0.121. The van der Waals surface area contributed by atoms with Crippen LogP contribution in [0.25, 0.3) is 11.0 Å². The molecule has 0 spiro atoms. The van der Waals surface area contributed by atoms with E-state index in [1.54, 1.807) is 38.1 Å². The second-order valence-electron chi connectivity index (χ2n) is 5.00. The third-order valence-corrected chi connectivity index (χ3v) is 3.46. The fourth-order valence-electron chi connectivity index (χ4n) is 1.83. The Labute approximate surface area is 111 Å². The first-order chi connectivity index (χ1) is 8.87. The van der Waals surface area contributed by atoms with Gasteiger partial charge in [-0.2, -0.15) is 0 Å². The van der Waals surface area contributed by atoms with Crippen LogP contribution in [0.2, 0.25) is 0 Å². The largest absolute Gasteiger partial charge is 0.465 e. The van der Waals surface area contributed by atoms with Crippen LogP contribution >= 0.6 is 0 Å². The number of carbonyl (C=O) groups is 2. The molecule has 0 fully saturated rings. The first-order valence-electron chi connectivity index (χ1n) is 6.00. The normalized spacial score (nSPS) is 11.6. The van der Waals surface area contributed by atoms with Crippen molar-refractivity contribution in [2.75, 3.05) is 7.11 Å². The Balaban J connectivity index is 2.64. The van der Waals surface area contributed by atoms with Crippen molar-refractivity contribution in [3.63, 3.8) is 0 Å². The average molecular weight is 260 g/mol. The van der Waals surface area contributed by atoms with Crippen LogP contribution in [0.1, 0.15) is 36.9 Å². The zero-order valence-electron chi connectivity index (χ0n) is 11.4. The number of Topliss-reactive ketones (excluding diaryl/α,β-unsaturated/α-hetero) is 1. The number of ether oxygens (including phenoxy) is 1. The van der Waals surface area contributed by atoms with Crippen LogP contribution in [-0.2, 0) is 14.9 Å². The number of hydrogen-bond donors (Lipinski definition) is 0. The molecule has 1 heterocycles. The molecule has 1 aromatic carbocycles. The first-order valence-corrected chi connectivity index (χ1v) is 6.00. The zero-order chi connectivity index (χ0) is 14.2. The van der Waals surface area contributed by atoms with Crippen molar-refractivity contribution in [2.24, 2.45) is 0 Å². The zero-order valence-corrected chi connectivity index (χ0v) is 11.4. The molecule has 0 aliphatic carbocycles. The van der Waals surface area contributed by atoms with Gasteiger partial charge in [0.25, 0.3) is 0 Å². The Morgan fingerprint density at radius 1 is 1.26 bits per heavy atom. The maximum Gasteiger partial charge on any atom is 0.338 e. The number of furan rings is 1. The lowest BCUT2D eigenvalue weighted by Crippen LogP contribution is -2.25. The molecule has 19 heavy (non-hydrogen) atoms. The van der Waals surface area contributed by atoms with Crippen molar-refractivity contribution >= 4 is 22.7 Å². The maximum atomic E-state index is 11.7. The summed E-state index contributed by atoms with van der Waals surface area (Å²) < 4.78 is 10.4. The van der Waals surface area contributed by atoms with Crippen molar-refractivity contribution in [3.8, 4) is 0 Å². The summed E-state index contributed by atoms with van der Waals surface area (Å²) in [5.74, 6) is 0.135. The van der Waals surface area contributed by atoms with Gasteiger partial charge >= 0.3 is 5.97 Å². The molecule has 2 aromatic rings. The van der Waals surface area contributed by atoms with Gasteiger partial charge in [-0.15, -0.1) is 0 Å². The van der Waals surface area contributed by atoms with Gasteiger partial charge in [0.1, 0.15) is 17.1 Å². The topological polar surface area (TPSA) is 56.5 Å². The molecule has 0 N–H and O–H groups in total. The molecule has 2 rings (SSSR count). The average Bonchev–Trinajstić information content (AvgIpc) is 2.81. The van der Waals surface area contributed by atoms with Gasteiger partial charge in [-0.25, -0.2) is 4.79 Å². The van der Waals surface area contributed by atoms with E-state index in [-0.39, 0.29) is 5.78 Å². The minimum atomic E-state index is -0.716. The molecule has 0 bridgehead atoms. The molecule has 1 aromatic heterocycles. The summed E-state index contributed by atoms with van der Waals surface area (Å²) in [6.45, 7) is 5.12. The Kier molecular flexibility index (Phi) is 3.18. The van der Waals surface area contributed by atoms with E-state index in [2.05, 4.69) is 0 Å². The van der Waals surface area contributed by atoms with E-state index in [4.69, 9.17) is 9.15 Å². The number of ketones is 1. The highest BCUT2D eigenvalue weighted by Crippen LogP contribution is 2.32. The molecule has 0 aliphatic heterocycles. The fourth-order valence-corrected chi connectivity index (χ4v) is 1.83. The smallest absolute Gasteiger partial charge is 0.338 e. The number of methoxy groups -OCH3 is 1. The molecular weight excluding hydrogens is 244 g/mol. The highest BCUT2D eigenvalue weighted by molar-refractivity contribution is 6.03. The number of benzene rings is 1. The standard InChI is InChI=1S/C15H16O4/c1-9(16)15(2,3)13-8-11-10(14(17)18-4)6-5-7-12(11)19-13/h5-8H,1-4H3. The molecule has 100 valence electrons. The van der Waals surface area contributed by atoms with Gasteiger partial charge < -0.3 is 9.15 Å². The predicted molar refractivity (Wildman–Crippen MR) is 71.3 cm³/mol. The quantitative estimate of drug-likeness (QED) is 0.796. The summed E-state index contributed by atoms with van der Waals surface area (Å²) in [6.07, 6.45) is 0. The van der Waals surface area contributed by atoms with E-state index in [1.807, 2.05) is 0 Å². The molecule has 0 amide bonds. The van der Waals surface area contributed by atoms with Gasteiger partial charge in [-0.3, -0.25) is 4.79 Å². The SMILES string of the molecule is COC(=O)c1cccc2oc(C(C)(C)C(C)=O)cc12. The lowest BCUT2D eigenvalue weighted by Gasteiger charge is -2.17. The van der Waals surface area contributed by atoms with E-state index in [9.17, 15) is 9.59 Å². The highest BCUT2D eigenvalue weighted by atomic mass is 16.5. The summed E-state index contributed by atoms with van der Waals surface area (Å²) in [6, 6.07) is 6.90. The number of hydrogen-bond acceptors (Lipinski definition) is 4. The van der Waals surface area contributed by atoms with Crippen molar-refractivity contribution in [3.05, 3.63) is 35.6 Å². The van der Waals surface area contributed by atoms with Crippen molar-refractivity contribution < 1.29 is 18.7 Å². The van der Waals surface area contributed by atoms with Crippen molar-refractivity contribution in [2.45, 2.75) is 26.2 Å². The number of rotatable bonds is 3. The number of carbonyl (C=O) groups excluding carboxylic acids is 2. The predicted octanol–water partition coefficient (Wildman–Crippen LogP) is 3.09. The molecule has 4 nitrogen and oxygen atoms in total. The summed E-state index contributed by atoms with van der Waals surface area (Å²) in [5, 5.41) is 0.665. The fraction of sp³-hybridized carbons (Fsp3) is 0.333. The van der Waals surface area contributed by atoms with Crippen molar-refractivity contribution in [1.82, 2.24) is 0 Å². The van der Waals surface area contributed by atoms with Gasteiger partial charge in [-0.05, 0) is 39.0 Å². The highest BCUT2D eigenvalue weighted by Gasteiger charge is 2.30. The number of fused-ring (bicyclic) bond motifs is 1. The van der Waals surface area contributed by atoms with E-state index in [0.29, 0.717) is 22.3 Å². The summed E-state index contributed by atoms with van der Waals surface area (Å²) in [4.78, 5) is 23.4. The Bertz CT molecular complexity index is 649. The van der Waals surface area contributed by atoms with Crippen LogP contribution in [0.4, 0.5) is 0 Å². The molecule has 0 saturated carbocycles. The minimum absolute atomic E-state index is 0.00572. The van der Waals surface area contributed by atoms with Crippen molar-refractivity contribution in [1.29, 1.82) is 0 Å². The molecular formula is C15H16O4. The van der Waals surface area contributed by atoms with Gasteiger partial charge in [-0.1, -0.05) is 6.07 Å². The van der Waals surface area contributed by atoms with Crippen LogP contribution in [0.15, 0.2) is 28.7 Å². The Morgan fingerprint density at radius 2 is 1.95 bits per heavy atom. The monoisotopic (exact) mass is 260 g/mol. The van der Waals surface area contributed by atoms with Crippen LogP contribution in [0, 0.1) is 0 Å². The third kappa shape index (κ3) is 2.14. The van der Waals surface area contributed by atoms with Crippen LogP contribution in [-0.4, -0.2) is 18.9 Å². The maximum absolute atomic E-state index is 11.7. The molecule has 0 atom stereocenters. The molecule has 0 radical (unpaired) electrons. The van der Waals surface area contributed by atoms with Crippen LogP contribution in [0.5, 0.6) is 0 Å². The summed E-state index contributed by atoms with van der Waals surface area (Å²) >= 11 is 0. The summed E-state index contributed by atoms with van der Waals surface area (Å²) in [5.41, 5.74) is 0.299. The van der Waals surface area contributed by atoms with Crippen LogP contribution < -0.4 is 0 Å². The minimum Gasteiger partial charge on any atom is -0.465 e. The molecule has 0 saturated heterocycles. The van der Waals surface area contributed by atoms with E-state index >= 15 is 0 Å².